The minimum atomic E-state index is -0.726. The predicted octanol–water partition coefficient (Wildman–Crippen LogP) is 4.30. The van der Waals surface area contributed by atoms with Crippen LogP contribution in [0.2, 0.25) is 0 Å². The van der Waals surface area contributed by atoms with Gasteiger partial charge in [-0.1, -0.05) is 35.5 Å². The fourth-order valence-corrected chi connectivity index (χ4v) is 3.22. The number of hydrogen-bond acceptors (Lipinski definition) is 9. The average Bonchev–Trinajstić information content (AvgIpc) is 3.51. The molecule has 0 amide bonds. The number of hydrogen-bond donors (Lipinski definition) is 0. The van der Waals surface area contributed by atoms with Crippen molar-refractivity contribution in [2.24, 2.45) is 12.2 Å². The van der Waals surface area contributed by atoms with E-state index < -0.39 is 11.6 Å². The number of tetrazole rings is 1. The summed E-state index contributed by atoms with van der Waals surface area (Å²) < 4.78 is 39.3. The Bertz CT molecular complexity index is 1480. The van der Waals surface area contributed by atoms with Gasteiger partial charge in [-0.15, -0.1) is 15.3 Å². The zero-order valence-electron chi connectivity index (χ0n) is 18.7. The Balaban J connectivity index is 1.26. The van der Waals surface area contributed by atoms with Crippen molar-refractivity contribution in [3.63, 3.8) is 0 Å². The number of ether oxygens (including phenoxy) is 1. The minimum absolute atomic E-state index is 0.0463. The van der Waals surface area contributed by atoms with E-state index in [1.54, 1.807) is 31.3 Å². The van der Waals surface area contributed by atoms with Gasteiger partial charge in [-0.2, -0.15) is 0 Å². The first-order chi connectivity index (χ1) is 17.5. The lowest BCUT2D eigenvalue weighted by atomic mass is 10.1. The Morgan fingerprint density at radius 2 is 1.67 bits per heavy atom. The van der Waals surface area contributed by atoms with E-state index in [1.165, 1.54) is 4.68 Å². The summed E-state index contributed by atoms with van der Waals surface area (Å²) in [7, 11) is 1.70. The number of oxime groups is 1. The molecular formula is C24H17F2N7O3. The van der Waals surface area contributed by atoms with Crippen molar-refractivity contribution >= 4 is 5.71 Å². The maximum Gasteiger partial charge on any atom is 0.257 e. The fraction of sp³-hybridized carbons (Fsp3) is 0.0833. The van der Waals surface area contributed by atoms with Crippen molar-refractivity contribution in [3.05, 3.63) is 102 Å². The Labute approximate surface area is 202 Å². The Kier molecular flexibility index (Phi) is 6.38. The normalized spacial score (nSPS) is 11.5. The van der Waals surface area contributed by atoms with Crippen molar-refractivity contribution < 1.29 is 22.8 Å². The van der Waals surface area contributed by atoms with Gasteiger partial charge in [-0.05, 0) is 34.7 Å². The lowest BCUT2D eigenvalue weighted by Gasteiger charge is -2.06. The number of aryl methyl sites for hydroxylation is 1. The van der Waals surface area contributed by atoms with Crippen LogP contribution in [-0.2, 0) is 18.5 Å². The van der Waals surface area contributed by atoms with Crippen molar-refractivity contribution in [3.8, 4) is 23.0 Å². The molecule has 0 atom stereocenters. The first-order valence-electron chi connectivity index (χ1n) is 10.6. The highest BCUT2D eigenvalue weighted by Crippen LogP contribution is 2.26. The molecule has 5 aromatic rings. The quantitative estimate of drug-likeness (QED) is 0.234. The number of nitrogens with zero attached hydrogens (tertiary/aromatic N) is 7. The number of aromatic nitrogens is 6. The third kappa shape index (κ3) is 5.22. The van der Waals surface area contributed by atoms with Crippen LogP contribution in [0.5, 0.6) is 11.5 Å². The summed E-state index contributed by atoms with van der Waals surface area (Å²) >= 11 is 0. The van der Waals surface area contributed by atoms with Crippen molar-refractivity contribution in [2.45, 2.75) is 6.61 Å². The molecule has 0 radical (unpaired) electrons. The van der Waals surface area contributed by atoms with Crippen molar-refractivity contribution in [1.82, 2.24) is 30.4 Å². The number of halogens is 2. The summed E-state index contributed by atoms with van der Waals surface area (Å²) in [5.74, 6) is -0.144. The fourth-order valence-electron chi connectivity index (χ4n) is 3.22. The van der Waals surface area contributed by atoms with Gasteiger partial charge in [0, 0.05) is 36.4 Å². The van der Waals surface area contributed by atoms with Crippen LogP contribution in [0.1, 0.15) is 17.3 Å². The van der Waals surface area contributed by atoms with E-state index in [-0.39, 0.29) is 24.1 Å². The van der Waals surface area contributed by atoms with E-state index in [2.05, 4.69) is 30.9 Å². The summed E-state index contributed by atoms with van der Waals surface area (Å²) in [4.78, 5) is 5.47. The molecule has 0 aliphatic heterocycles. The molecule has 180 valence electrons. The molecule has 0 bridgehead atoms. The second-order valence-corrected chi connectivity index (χ2v) is 7.44. The van der Waals surface area contributed by atoms with Crippen molar-refractivity contribution in [2.75, 3.05) is 0 Å². The maximum atomic E-state index is 13.4. The third-order valence-corrected chi connectivity index (χ3v) is 4.86. The zero-order chi connectivity index (χ0) is 24.9. The maximum absolute atomic E-state index is 13.4. The molecule has 2 heterocycles. The molecule has 0 fully saturated rings. The van der Waals surface area contributed by atoms with Crippen LogP contribution in [0.25, 0.3) is 11.5 Å². The van der Waals surface area contributed by atoms with E-state index >= 15 is 0 Å². The molecule has 0 N–H and O–H groups in total. The van der Waals surface area contributed by atoms with E-state index in [1.807, 2.05) is 30.3 Å². The molecule has 12 heteroatoms. The molecule has 2 aromatic heterocycles. The topological polar surface area (TPSA) is 113 Å². The molecule has 3 aromatic carbocycles. The van der Waals surface area contributed by atoms with Crippen molar-refractivity contribution in [1.29, 1.82) is 0 Å². The molecule has 0 saturated carbocycles. The third-order valence-electron chi connectivity index (χ3n) is 4.86. The summed E-state index contributed by atoms with van der Waals surface area (Å²) in [5, 5.41) is 23.7. The van der Waals surface area contributed by atoms with Crippen LogP contribution in [0, 0.1) is 11.6 Å². The standard InChI is InChI=1S/C24H17F2N7O3/c1-33-23(28-31-32-33)22(15-5-3-2-4-6-15)30-34-14-21-27-29-24(36-21)16-7-9-19(10-8-16)35-20-12-17(25)11-18(26)13-20/h2-13H,14H2,1H3/b30-22-. The molecule has 0 spiro atoms. The number of benzene rings is 3. The average molecular weight is 489 g/mol. The summed E-state index contributed by atoms with van der Waals surface area (Å²) in [5.41, 5.74) is 1.83. The van der Waals surface area contributed by atoms with Crippen LogP contribution in [-0.4, -0.2) is 36.1 Å². The number of rotatable bonds is 8. The van der Waals surface area contributed by atoms with E-state index in [9.17, 15) is 8.78 Å². The molecule has 0 unspecified atom stereocenters. The highest BCUT2D eigenvalue weighted by atomic mass is 19.1. The molecule has 5 rings (SSSR count). The molecule has 0 aliphatic carbocycles. The van der Waals surface area contributed by atoms with E-state index in [0.29, 0.717) is 22.8 Å². The minimum Gasteiger partial charge on any atom is -0.457 e. The van der Waals surface area contributed by atoms with Crippen LogP contribution in [0.3, 0.4) is 0 Å². The van der Waals surface area contributed by atoms with Gasteiger partial charge in [-0.3, -0.25) is 0 Å². The SMILES string of the molecule is Cn1nnnc1/C(=N\OCc1nnc(-c2ccc(Oc3cc(F)cc(F)c3)cc2)o1)c1ccccc1. The second-order valence-electron chi connectivity index (χ2n) is 7.44. The van der Waals surface area contributed by atoms with Crippen LogP contribution in [0.15, 0.2) is 82.4 Å². The van der Waals surface area contributed by atoms with Gasteiger partial charge in [0.05, 0.1) is 0 Å². The van der Waals surface area contributed by atoms with E-state index in [0.717, 1.165) is 23.8 Å². The largest absolute Gasteiger partial charge is 0.457 e. The smallest absolute Gasteiger partial charge is 0.257 e. The van der Waals surface area contributed by atoms with Gasteiger partial charge in [0.15, 0.2) is 12.3 Å². The lowest BCUT2D eigenvalue weighted by molar-refractivity contribution is 0.111. The van der Waals surface area contributed by atoms with E-state index in [4.69, 9.17) is 14.0 Å². The monoisotopic (exact) mass is 489 g/mol. The zero-order valence-corrected chi connectivity index (χ0v) is 18.7. The summed E-state index contributed by atoms with van der Waals surface area (Å²) in [6.07, 6.45) is 0. The Hall–Kier alpha value is -5.00. The van der Waals surface area contributed by atoms with Gasteiger partial charge in [0.2, 0.25) is 11.7 Å². The van der Waals surface area contributed by atoms with Crippen LogP contribution < -0.4 is 4.74 Å². The summed E-state index contributed by atoms with van der Waals surface area (Å²) in [6, 6.07) is 18.9. The van der Waals surface area contributed by atoms with Gasteiger partial charge in [0.25, 0.3) is 5.89 Å². The second kappa shape index (κ2) is 10.1. The first kappa shape index (κ1) is 22.8. The Morgan fingerprint density at radius 1 is 0.917 bits per heavy atom. The highest BCUT2D eigenvalue weighted by Gasteiger charge is 2.15. The Morgan fingerprint density at radius 3 is 2.36 bits per heavy atom. The van der Waals surface area contributed by atoms with Crippen LogP contribution in [0.4, 0.5) is 8.78 Å². The molecular weight excluding hydrogens is 472 g/mol. The van der Waals surface area contributed by atoms with Gasteiger partial charge < -0.3 is 14.0 Å². The lowest BCUT2D eigenvalue weighted by Crippen LogP contribution is -2.12. The van der Waals surface area contributed by atoms with Gasteiger partial charge >= 0.3 is 0 Å². The highest BCUT2D eigenvalue weighted by molar-refractivity contribution is 6.10. The van der Waals surface area contributed by atoms with Crippen LogP contribution >= 0.6 is 0 Å². The molecule has 0 saturated heterocycles. The van der Waals surface area contributed by atoms with Gasteiger partial charge in [0.1, 0.15) is 23.1 Å². The molecule has 10 nitrogen and oxygen atoms in total. The molecule has 36 heavy (non-hydrogen) atoms. The molecule has 0 aliphatic rings. The first-order valence-corrected chi connectivity index (χ1v) is 10.6. The van der Waals surface area contributed by atoms with Gasteiger partial charge in [-0.25, -0.2) is 13.5 Å². The summed E-state index contributed by atoms with van der Waals surface area (Å²) in [6.45, 7) is -0.0824. The predicted molar refractivity (Wildman–Crippen MR) is 122 cm³/mol.